The van der Waals surface area contributed by atoms with Crippen molar-refractivity contribution in [1.29, 1.82) is 0 Å². The number of sulfone groups is 1. The topological polar surface area (TPSA) is 74.7 Å². The highest BCUT2D eigenvalue weighted by Gasteiger charge is 2.52. The SMILES string of the molecule is O=C([C@H]1CC[C@H](CO)CC1)N1CC[C@](c2ccc(Br)c(F)c2)(S(=O)(=O)c2ccc(F)cc2)C1. The lowest BCUT2D eigenvalue weighted by Gasteiger charge is -2.32. The Morgan fingerprint density at radius 1 is 1.09 bits per heavy atom. The van der Waals surface area contributed by atoms with Gasteiger partial charge in [0.05, 0.1) is 9.37 Å². The molecule has 0 unspecified atom stereocenters. The molecular formula is C24H26BrF2NO4S. The minimum Gasteiger partial charge on any atom is -0.396 e. The number of carbonyl (C=O) groups excluding carboxylic acids is 1. The lowest BCUT2D eigenvalue weighted by Crippen LogP contribution is -2.42. The molecule has 0 aromatic heterocycles. The molecule has 0 radical (unpaired) electrons. The zero-order valence-corrected chi connectivity index (χ0v) is 20.4. The number of nitrogens with zero attached hydrogens (tertiary/aromatic N) is 1. The summed E-state index contributed by atoms with van der Waals surface area (Å²) < 4.78 is 54.4. The molecule has 1 amide bonds. The van der Waals surface area contributed by atoms with Gasteiger partial charge in [-0.25, -0.2) is 17.2 Å². The number of rotatable bonds is 5. The third-order valence-corrected chi connectivity index (χ3v) is 10.2. The van der Waals surface area contributed by atoms with Gasteiger partial charge in [0.25, 0.3) is 0 Å². The van der Waals surface area contributed by atoms with E-state index in [4.69, 9.17) is 0 Å². The Balaban J connectivity index is 1.70. The number of benzene rings is 2. The van der Waals surface area contributed by atoms with Crippen molar-refractivity contribution in [2.24, 2.45) is 11.8 Å². The van der Waals surface area contributed by atoms with Crippen molar-refractivity contribution < 1.29 is 27.1 Å². The molecule has 1 N–H and O–H groups in total. The third-order valence-electron chi connectivity index (χ3n) is 7.08. The predicted octanol–water partition coefficient (Wildman–Crippen LogP) is 4.43. The minimum absolute atomic E-state index is 0.0648. The summed E-state index contributed by atoms with van der Waals surface area (Å²) in [6.45, 7) is 0.252. The van der Waals surface area contributed by atoms with Gasteiger partial charge in [-0.05, 0) is 95.9 Å². The maximum atomic E-state index is 14.5. The van der Waals surface area contributed by atoms with Crippen LogP contribution >= 0.6 is 15.9 Å². The van der Waals surface area contributed by atoms with Crippen molar-refractivity contribution >= 4 is 31.7 Å². The van der Waals surface area contributed by atoms with Gasteiger partial charge in [0.2, 0.25) is 5.91 Å². The Morgan fingerprint density at radius 2 is 1.76 bits per heavy atom. The Kier molecular flexibility index (Phi) is 6.94. The van der Waals surface area contributed by atoms with Crippen LogP contribution in [-0.4, -0.2) is 44.0 Å². The highest BCUT2D eigenvalue weighted by Crippen LogP contribution is 2.45. The van der Waals surface area contributed by atoms with Crippen LogP contribution in [0.5, 0.6) is 0 Å². The van der Waals surface area contributed by atoms with E-state index >= 15 is 0 Å². The highest BCUT2D eigenvalue weighted by molar-refractivity contribution is 9.10. The van der Waals surface area contributed by atoms with Crippen molar-refractivity contribution in [1.82, 2.24) is 4.90 Å². The number of hydrogen-bond donors (Lipinski definition) is 1. The standard InChI is InChI=1S/C24H26BrF2NO4S/c25-21-10-5-18(13-22(21)27)24(33(31,32)20-8-6-19(26)7-9-20)11-12-28(15-24)23(30)17-3-1-16(14-29)2-4-17/h5-10,13,16-17,29H,1-4,11-12,14-15H2/t16-,17-,24-/m0/s1. The van der Waals surface area contributed by atoms with E-state index in [0.717, 1.165) is 25.0 Å². The van der Waals surface area contributed by atoms with E-state index in [0.29, 0.717) is 12.8 Å². The number of amides is 1. The Morgan fingerprint density at radius 3 is 2.36 bits per heavy atom. The van der Waals surface area contributed by atoms with Crippen LogP contribution in [0.3, 0.4) is 0 Å². The lowest BCUT2D eigenvalue weighted by molar-refractivity contribution is -0.136. The molecule has 1 aliphatic heterocycles. The first-order chi connectivity index (χ1) is 15.7. The summed E-state index contributed by atoms with van der Waals surface area (Å²) in [5.41, 5.74) is 0.270. The van der Waals surface area contributed by atoms with Crippen molar-refractivity contribution in [3.05, 3.63) is 64.1 Å². The Labute approximate surface area is 200 Å². The molecule has 1 aliphatic carbocycles. The van der Waals surface area contributed by atoms with E-state index in [-0.39, 0.29) is 58.8 Å². The zero-order chi connectivity index (χ0) is 23.8. The number of likely N-dealkylation sites (tertiary alicyclic amines) is 1. The van der Waals surface area contributed by atoms with Gasteiger partial charge < -0.3 is 10.0 Å². The molecule has 1 saturated heterocycles. The zero-order valence-electron chi connectivity index (χ0n) is 18.0. The molecule has 9 heteroatoms. The van der Waals surface area contributed by atoms with Crippen LogP contribution in [-0.2, 0) is 19.4 Å². The molecule has 0 spiro atoms. The number of carbonyl (C=O) groups is 1. The molecule has 2 aromatic rings. The molecule has 2 aromatic carbocycles. The Hall–Kier alpha value is -1.84. The van der Waals surface area contributed by atoms with Crippen LogP contribution in [0, 0.1) is 23.5 Å². The number of aliphatic hydroxyl groups excluding tert-OH is 1. The summed E-state index contributed by atoms with van der Waals surface area (Å²) in [5, 5.41) is 9.36. The van der Waals surface area contributed by atoms with E-state index in [2.05, 4.69) is 15.9 Å². The normalized spacial score (nSPS) is 25.9. The summed E-state index contributed by atoms with van der Waals surface area (Å²) in [5.74, 6) is -1.25. The van der Waals surface area contributed by atoms with E-state index in [1.807, 2.05) is 0 Å². The molecule has 2 aliphatic rings. The fraction of sp³-hybridized carbons (Fsp3) is 0.458. The average Bonchev–Trinajstić information content (AvgIpc) is 3.28. The van der Waals surface area contributed by atoms with Crippen molar-refractivity contribution in [2.45, 2.75) is 41.7 Å². The second-order valence-corrected chi connectivity index (χ2v) is 12.1. The summed E-state index contributed by atoms with van der Waals surface area (Å²) in [6.07, 6.45) is 2.96. The van der Waals surface area contributed by atoms with Crippen LogP contribution in [0.15, 0.2) is 51.8 Å². The fourth-order valence-electron chi connectivity index (χ4n) is 5.05. The Bertz CT molecular complexity index is 1130. The molecule has 1 saturated carbocycles. The summed E-state index contributed by atoms with van der Waals surface area (Å²) >= 11 is 3.11. The van der Waals surface area contributed by atoms with Gasteiger partial charge in [-0.1, -0.05) is 6.07 Å². The molecule has 5 nitrogen and oxygen atoms in total. The first-order valence-electron chi connectivity index (χ1n) is 11.0. The molecular weight excluding hydrogens is 516 g/mol. The maximum absolute atomic E-state index is 14.5. The number of hydrogen-bond acceptors (Lipinski definition) is 4. The van der Waals surface area contributed by atoms with Crippen LogP contribution < -0.4 is 0 Å². The number of halogens is 3. The second kappa shape index (κ2) is 9.43. The van der Waals surface area contributed by atoms with Gasteiger partial charge in [-0.2, -0.15) is 0 Å². The monoisotopic (exact) mass is 541 g/mol. The number of aliphatic hydroxyl groups is 1. The molecule has 0 bridgehead atoms. The molecule has 4 rings (SSSR count). The maximum Gasteiger partial charge on any atom is 0.225 e. The fourth-order valence-corrected chi connectivity index (χ4v) is 7.36. The van der Waals surface area contributed by atoms with Crippen molar-refractivity contribution in [3.63, 3.8) is 0 Å². The van der Waals surface area contributed by atoms with E-state index < -0.39 is 26.2 Å². The largest absolute Gasteiger partial charge is 0.396 e. The smallest absolute Gasteiger partial charge is 0.225 e. The highest BCUT2D eigenvalue weighted by atomic mass is 79.9. The van der Waals surface area contributed by atoms with Crippen molar-refractivity contribution in [3.8, 4) is 0 Å². The molecule has 1 heterocycles. The summed E-state index contributed by atoms with van der Waals surface area (Å²) in [7, 11) is -4.09. The summed E-state index contributed by atoms with van der Waals surface area (Å²) in [4.78, 5) is 14.8. The second-order valence-electron chi connectivity index (χ2n) is 8.99. The first kappa shape index (κ1) is 24.3. The summed E-state index contributed by atoms with van der Waals surface area (Å²) in [6, 6.07) is 8.82. The van der Waals surface area contributed by atoms with Crippen molar-refractivity contribution in [2.75, 3.05) is 19.7 Å². The van der Waals surface area contributed by atoms with Crippen LogP contribution in [0.25, 0.3) is 0 Å². The van der Waals surface area contributed by atoms with Crippen LogP contribution in [0.4, 0.5) is 8.78 Å². The van der Waals surface area contributed by atoms with Gasteiger partial charge in [-0.3, -0.25) is 4.79 Å². The van der Waals surface area contributed by atoms with E-state index in [1.54, 1.807) is 11.0 Å². The molecule has 178 valence electrons. The van der Waals surface area contributed by atoms with Gasteiger partial charge in [-0.15, -0.1) is 0 Å². The average molecular weight is 542 g/mol. The van der Waals surface area contributed by atoms with E-state index in [9.17, 15) is 27.1 Å². The van der Waals surface area contributed by atoms with Gasteiger partial charge >= 0.3 is 0 Å². The third kappa shape index (κ3) is 4.47. The predicted molar refractivity (Wildman–Crippen MR) is 123 cm³/mol. The molecule has 33 heavy (non-hydrogen) atoms. The van der Waals surface area contributed by atoms with Crippen LogP contribution in [0.1, 0.15) is 37.7 Å². The van der Waals surface area contributed by atoms with Gasteiger partial charge in [0, 0.05) is 25.6 Å². The van der Waals surface area contributed by atoms with E-state index in [1.165, 1.54) is 24.3 Å². The quantitative estimate of drug-likeness (QED) is 0.568. The van der Waals surface area contributed by atoms with Crippen LogP contribution in [0.2, 0.25) is 0 Å². The molecule has 2 fully saturated rings. The first-order valence-corrected chi connectivity index (χ1v) is 13.3. The minimum atomic E-state index is -4.09. The molecule has 1 atom stereocenters. The lowest BCUT2D eigenvalue weighted by atomic mass is 9.82. The van der Waals surface area contributed by atoms with Gasteiger partial charge in [0.1, 0.15) is 16.4 Å². The van der Waals surface area contributed by atoms with Gasteiger partial charge in [0.15, 0.2) is 9.84 Å².